The number of Topliss-reactive ketones (excluding diaryl/α,β-unsaturated/α-hetero) is 4. The Bertz CT molecular complexity index is 1360. The van der Waals surface area contributed by atoms with E-state index in [-0.39, 0.29) is 42.6 Å². The van der Waals surface area contributed by atoms with Crippen LogP contribution in [0.15, 0.2) is 0 Å². The summed E-state index contributed by atoms with van der Waals surface area (Å²) in [6.07, 6.45) is -0.326. The van der Waals surface area contributed by atoms with E-state index in [9.17, 15) is 38.6 Å². The molecule has 0 radical (unpaired) electrons. The van der Waals surface area contributed by atoms with Crippen molar-refractivity contribution >= 4 is 29.0 Å². The van der Waals surface area contributed by atoms with Gasteiger partial charge >= 0.3 is 0 Å². The molecular formula is C27H31F2N3O7. The summed E-state index contributed by atoms with van der Waals surface area (Å²) in [7, 11) is 2.97. The van der Waals surface area contributed by atoms with E-state index in [4.69, 9.17) is 5.73 Å². The Morgan fingerprint density at radius 1 is 1.13 bits per heavy atom. The monoisotopic (exact) mass is 547 g/mol. The number of hydrogen-bond acceptors (Lipinski definition) is 9. The van der Waals surface area contributed by atoms with Gasteiger partial charge in [0.2, 0.25) is 5.91 Å². The van der Waals surface area contributed by atoms with Crippen LogP contribution in [0.2, 0.25) is 0 Å². The van der Waals surface area contributed by atoms with E-state index in [1.54, 1.807) is 18.7 Å². The number of aromatic hydroxyl groups is 1. The van der Waals surface area contributed by atoms with Gasteiger partial charge in [0, 0.05) is 41.2 Å². The quantitative estimate of drug-likeness (QED) is 0.444. The van der Waals surface area contributed by atoms with E-state index in [0.717, 1.165) is 0 Å². The Morgan fingerprint density at radius 2 is 1.74 bits per heavy atom. The van der Waals surface area contributed by atoms with Gasteiger partial charge in [-0.05, 0) is 46.7 Å². The average molecular weight is 548 g/mol. The van der Waals surface area contributed by atoms with E-state index >= 15 is 4.39 Å². The highest BCUT2D eigenvalue weighted by Gasteiger charge is 2.69. The first-order chi connectivity index (χ1) is 18.1. The highest BCUT2D eigenvalue weighted by Crippen LogP contribution is 2.52. The van der Waals surface area contributed by atoms with Crippen LogP contribution in [0, 0.1) is 29.5 Å². The summed E-state index contributed by atoms with van der Waals surface area (Å²) in [5, 5.41) is 22.7. The number of rotatable bonds is 4. The molecule has 1 aromatic carbocycles. The molecule has 1 amide bonds. The number of halogens is 2. The second-order valence-electron chi connectivity index (χ2n) is 12.1. The van der Waals surface area contributed by atoms with Crippen molar-refractivity contribution in [3.63, 3.8) is 0 Å². The number of phenols is 1. The maximum absolute atomic E-state index is 15.9. The molecule has 2 fully saturated rings. The fourth-order valence-electron chi connectivity index (χ4n) is 7.09. The molecule has 2 saturated carbocycles. The summed E-state index contributed by atoms with van der Waals surface area (Å²) in [4.78, 5) is 69.1. The molecule has 12 heteroatoms. The number of aliphatic hydroxyl groups is 1. The topological polar surface area (TPSA) is 158 Å². The Hall–Kier alpha value is -3.09. The third kappa shape index (κ3) is 3.50. The molecule has 1 aliphatic heterocycles. The number of likely N-dealkylation sites (N-methyl/N-ethyl adjacent to an activating group) is 1. The third-order valence-corrected chi connectivity index (χ3v) is 9.25. The SMILES string of the molecule is CN(C)[C@@H]1C(=O)C(C(N)=O)C(=O)[C@@]2(O)C(=O)C3C(=O)c4c(O)c5c(c(F)c4C[C@H]3C[C@@H]12)CN(C(C)(C)CF)C5. The number of hydrogen-bond donors (Lipinski definition) is 3. The number of amides is 1. The summed E-state index contributed by atoms with van der Waals surface area (Å²) in [6, 6.07) is -1.23. The highest BCUT2D eigenvalue weighted by atomic mass is 19.1. The molecule has 1 aromatic rings. The van der Waals surface area contributed by atoms with Crippen molar-refractivity contribution in [2.45, 2.75) is 57.0 Å². The summed E-state index contributed by atoms with van der Waals surface area (Å²) in [5.41, 5.74) is 1.30. The molecule has 10 nitrogen and oxygen atoms in total. The first-order valence-corrected chi connectivity index (χ1v) is 12.8. The van der Waals surface area contributed by atoms with E-state index < -0.39 is 93.7 Å². The van der Waals surface area contributed by atoms with Crippen LogP contribution in [-0.4, -0.2) is 87.0 Å². The van der Waals surface area contributed by atoms with Crippen molar-refractivity contribution in [3.05, 3.63) is 28.1 Å². The van der Waals surface area contributed by atoms with E-state index in [2.05, 4.69) is 0 Å². The molecule has 4 aliphatic rings. The minimum atomic E-state index is -2.84. The van der Waals surface area contributed by atoms with Crippen LogP contribution in [0.5, 0.6) is 5.75 Å². The normalized spacial score (nSPS) is 32.7. The van der Waals surface area contributed by atoms with Crippen molar-refractivity contribution in [1.29, 1.82) is 0 Å². The molecule has 39 heavy (non-hydrogen) atoms. The van der Waals surface area contributed by atoms with Crippen LogP contribution >= 0.6 is 0 Å². The number of fused-ring (bicyclic) bond motifs is 4. The number of nitrogens with zero attached hydrogens (tertiary/aromatic N) is 2. The molecule has 0 saturated heterocycles. The molecule has 6 atom stereocenters. The largest absolute Gasteiger partial charge is 0.507 e. The minimum absolute atomic E-state index is 0.0166. The van der Waals surface area contributed by atoms with Crippen LogP contribution in [0.3, 0.4) is 0 Å². The van der Waals surface area contributed by atoms with Gasteiger partial charge in [0.05, 0.1) is 17.5 Å². The summed E-state index contributed by atoms with van der Waals surface area (Å²) < 4.78 is 29.6. The molecule has 5 rings (SSSR count). The van der Waals surface area contributed by atoms with Crippen LogP contribution in [0.1, 0.15) is 47.3 Å². The number of alkyl halides is 1. The van der Waals surface area contributed by atoms with Crippen molar-refractivity contribution < 1.29 is 43.0 Å². The van der Waals surface area contributed by atoms with Crippen molar-refractivity contribution in [3.8, 4) is 5.75 Å². The van der Waals surface area contributed by atoms with Crippen molar-refractivity contribution in [2.75, 3.05) is 20.8 Å². The summed E-state index contributed by atoms with van der Waals surface area (Å²) in [6.45, 7) is 2.53. The maximum atomic E-state index is 15.9. The predicted octanol–water partition coefficient (Wildman–Crippen LogP) is 0.0698. The lowest BCUT2D eigenvalue weighted by molar-refractivity contribution is -0.181. The number of primary amides is 1. The standard InChI is InChI=1S/C27H31F2N3O7/c1-26(2,9-28)32-7-12-13(8-32)20(33)16-11(18(12)29)5-10-6-14-19(31(3)4)22(35)17(25(30)38)24(37)27(14,39)23(36)15(10)21(16)34/h10,14-15,17,19,33,39H,5-9H2,1-4H3,(H2,30,38)/t10-,14-,15?,17?,19-,27-/m0/s1. The van der Waals surface area contributed by atoms with Crippen molar-refractivity contribution in [2.24, 2.45) is 29.4 Å². The van der Waals surface area contributed by atoms with Gasteiger partial charge in [0.15, 0.2) is 34.7 Å². The molecule has 0 aromatic heterocycles. The van der Waals surface area contributed by atoms with E-state index in [0.29, 0.717) is 0 Å². The van der Waals surface area contributed by atoms with E-state index in [1.165, 1.54) is 19.0 Å². The molecule has 1 heterocycles. The minimum Gasteiger partial charge on any atom is -0.507 e. The molecule has 2 unspecified atom stereocenters. The predicted molar refractivity (Wildman–Crippen MR) is 131 cm³/mol. The Balaban J connectivity index is 1.62. The number of ketones is 4. The smallest absolute Gasteiger partial charge is 0.235 e. The lowest BCUT2D eigenvalue weighted by Gasteiger charge is -2.52. The number of carbonyl (C=O) groups excluding carboxylic acids is 5. The van der Waals surface area contributed by atoms with Gasteiger partial charge in [-0.2, -0.15) is 0 Å². The van der Waals surface area contributed by atoms with Gasteiger partial charge in [0.25, 0.3) is 0 Å². The molecule has 4 N–H and O–H groups in total. The zero-order valence-corrected chi connectivity index (χ0v) is 22.1. The molecule has 0 bridgehead atoms. The lowest BCUT2D eigenvalue weighted by Crippen LogP contribution is -2.74. The number of carbonyl (C=O) groups is 5. The molecular weight excluding hydrogens is 516 g/mol. The third-order valence-electron chi connectivity index (χ3n) is 9.25. The highest BCUT2D eigenvalue weighted by molar-refractivity contribution is 6.32. The van der Waals surface area contributed by atoms with Gasteiger partial charge in [-0.25, -0.2) is 8.78 Å². The van der Waals surface area contributed by atoms with Gasteiger partial charge in [-0.1, -0.05) is 0 Å². The van der Waals surface area contributed by atoms with Gasteiger partial charge in [-0.15, -0.1) is 0 Å². The summed E-state index contributed by atoms with van der Waals surface area (Å²) in [5.74, 6) is -12.7. The fourth-order valence-corrected chi connectivity index (χ4v) is 7.09. The Labute approximate surface area is 223 Å². The number of nitrogens with two attached hydrogens (primary N) is 1. The second kappa shape index (κ2) is 8.70. The van der Waals surface area contributed by atoms with Crippen LogP contribution in [-0.2, 0) is 38.7 Å². The Morgan fingerprint density at radius 3 is 2.31 bits per heavy atom. The number of benzene rings is 1. The van der Waals surface area contributed by atoms with Crippen LogP contribution < -0.4 is 5.73 Å². The van der Waals surface area contributed by atoms with Gasteiger partial charge in [-0.3, -0.25) is 33.8 Å². The Kier molecular flexibility index (Phi) is 6.13. The average Bonchev–Trinajstić information content (AvgIpc) is 3.31. The van der Waals surface area contributed by atoms with Crippen LogP contribution in [0.4, 0.5) is 8.78 Å². The lowest BCUT2D eigenvalue weighted by atomic mass is 9.52. The zero-order valence-electron chi connectivity index (χ0n) is 22.1. The molecule has 3 aliphatic carbocycles. The second-order valence-corrected chi connectivity index (χ2v) is 12.1. The molecule has 0 spiro atoms. The van der Waals surface area contributed by atoms with Crippen molar-refractivity contribution in [1.82, 2.24) is 9.80 Å². The van der Waals surface area contributed by atoms with Gasteiger partial charge < -0.3 is 15.9 Å². The first-order valence-electron chi connectivity index (χ1n) is 12.8. The fraction of sp³-hybridized carbons (Fsp3) is 0.593. The molecule has 210 valence electrons. The first kappa shape index (κ1) is 27.5. The van der Waals surface area contributed by atoms with E-state index in [1.807, 2.05) is 0 Å². The number of phenolic OH excluding ortho intramolecular Hbond substituents is 1. The zero-order chi connectivity index (χ0) is 28.9. The van der Waals surface area contributed by atoms with Crippen LogP contribution in [0.25, 0.3) is 0 Å². The maximum Gasteiger partial charge on any atom is 0.235 e. The van der Waals surface area contributed by atoms with Gasteiger partial charge in [0.1, 0.15) is 18.2 Å². The summed E-state index contributed by atoms with van der Waals surface area (Å²) >= 11 is 0.